The van der Waals surface area contributed by atoms with Gasteiger partial charge in [-0.2, -0.15) is 5.10 Å². The van der Waals surface area contributed by atoms with E-state index in [1.807, 2.05) is 6.92 Å². The number of thioether (sulfide) groups is 1. The van der Waals surface area contributed by atoms with Crippen molar-refractivity contribution in [3.8, 4) is 0 Å². The van der Waals surface area contributed by atoms with Gasteiger partial charge in [-0.1, -0.05) is 24.8 Å². The van der Waals surface area contributed by atoms with Gasteiger partial charge in [0.15, 0.2) is 0 Å². The molecule has 1 aliphatic carbocycles. The maximum absolute atomic E-state index is 14.6. The quantitative estimate of drug-likeness (QED) is 0.411. The first-order chi connectivity index (χ1) is 17.3. The molecule has 36 heavy (non-hydrogen) atoms. The summed E-state index contributed by atoms with van der Waals surface area (Å²) in [7, 11) is 1.51. The first kappa shape index (κ1) is 28.0. The van der Waals surface area contributed by atoms with Gasteiger partial charge in [0.1, 0.15) is 40.2 Å². The number of hydrogen-bond donors (Lipinski definition) is 1. The number of hydrazone groups is 1. The van der Waals surface area contributed by atoms with Crippen LogP contribution in [0, 0.1) is 17.6 Å². The summed E-state index contributed by atoms with van der Waals surface area (Å²) in [4.78, 5) is 13.1. The number of carbonyl (C=O) groups excluding carboxylic acids is 1. The zero-order chi connectivity index (χ0) is 26.1. The summed E-state index contributed by atoms with van der Waals surface area (Å²) >= 11 is 0.998. The fraction of sp³-hybridized carbons (Fsp3) is 0.440. The lowest BCUT2D eigenvalue weighted by Crippen LogP contribution is -2.35. The van der Waals surface area contributed by atoms with Crippen LogP contribution in [-0.2, 0) is 19.0 Å². The average molecular weight is 526 g/mol. The van der Waals surface area contributed by atoms with E-state index in [-0.39, 0.29) is 42.8 Å². The van der Waals surface area contributed by atoms with Gasteiger partial charge in [0.25, 0.3) is 5.91 Å². The summed E-state index contributed by atoms with van der Waals surface area (Å²) in [6.45, 7) is 2.94. The number of hydrogen-bond acceptors (Lipinski definition) is 7. The van der Waals surface area contributed by atoms with Gasteiger partial charge in [0.2, 0.25) is 0 Å². The van der Waals surface area contributed by atoms with E-state index in [4.69, 9.17) is 19.9 Å². The second-order valence-electron chi connectivity index (χ2n) is 8.29. The Bertz CT molecular complexity index is 1060. The van der Waals surface area contributed by atoms with Crippen LogP contribution < -0.4 is 5.73 Å². The van der Waals surface area contributed by atoms with Crippen molar-refractivity contribution in [2.75, 3.05) is 40.1 Å². The van der Waals surface area contributed by atoms with Crippen molar-refractivity contribution >= 4 is 22.7 Å². The molecule has 0 radical (unpaired) electrons. The number of carbonyl (C=O) groups is 1. The molecule has 7 nitrogen and oxygen atoms in total. The Hall–Kier alpha value is -2.60. The van der Waals surface area contributed by atoms with Crippen LogP contribution >= 0.6 is 11.8 Å². The van der Waals surface area contributed by atoms with Gasteiger partial charge in [-0.25, -0.2) is 18.2 Å². The molecule has 1 aromatic carbocycles. The Morgan fingerprint density at radius 3 is 2.86 bits per heavy atom. The highest BCUT2D eigenvalue weighted by atomic mass is 32.2. The van der Waals surface area contributed by atoms with E-state index >= 15 is 0 Å². The van der Waals surface area contributed by atoms with Crippen LogP contribution in [0.2, 0.25) is 0 Å². The van der Waals surface area contributed by atoms with E-state index in [1.165, 1.54) is 13.2 Å². The highest BCUT2D eigenvalue weighted by molar-refractivity contribution is 8.15. The van der Waals surface area contributed by atoms with E-state index in [2.05, 4.69) is 5.10 Å². The van der Waals surface area contributed by atoms with E-state index in [0.29, 0.717) is 24.5 Å². The average Bonchev–Trinajstić information content (AvgIpc) is 3.20. The van der Waals surface area contributed by atoms with Gasteiger partial charge < -0.3 is 19.9 Å². The summed E-state index contributed by atoms with van der Waals surface area (Å²) in [5.41, 5.74) is 5.87. The maximum Gasteiger partial charge on any atom is 0.270 e. The molecule has 2 N–H and O–H groups in total. The molecule has 1 heterocycles. The number of nitrogens with two attached hydrogens (primary N) is 1. The SMILES string of the molecule is COCCOCC(=O)N1N=C(c2cc(F)ccc2F)SC1C1=C(OC[C@@H](C)CCN)C=CCC(F)=C1. The lowest BCUT2D eigenvalue weighted by atomic mass is 10.1. The van der Waals surface area contributed by atoms with Crippen LogP contribution in [0.15, 0.2) is 58.7 Å². The minimum absolute atomic E-state index is 0.0480. The zero-order valence-electron chi connectivity index (χ0n) is 20.2. The van der Waals surface area contributed by atoms with Crippen LogP contribution in [0.3, 0.4) is 0 Å². The molecule has 3 rings (SSSR count). The largest absolute Gasteiger partial charge is 0.493 e. The molecule has 196 valence electrons. The molecule has 1 aromatic rings. The van der Waals surface area contributed by atoms with Crippen LogP contribution in [0.5, 0.6) is 0 Å². The fourth-order valence-electron chi connectivity index (χ4n) is 3.46. The molecule has 1 amide bonds. The van der Waals surface area contributed by atoms with Crippen molar-refractivity contribution in [2.24, 2.45) is 16.8 Å². The molecule has 0 saturated heterocycles. The Balaban J connectivity index is 1.97. The standard InChI is InChI=1S/C25H30F3N3O4S/c1-16(8-9-29)14-35-22-5-3-4-17(26)13-20(22)25-31(23(32)15-34-11-10-33-2)30-24(36-25)19-12-18(27)6-7-21(19)28/h3,5-7,12-13,16,25H,4,8-11,14-15,29H2,1-2H3/t16-,25?/m0/s1. The van der Waals surface area contributed by atoms with E-state index < -0.39 is 28.7 Å². The van der Waals surface area contributed by atoms with Crippen molar-refractivity contribution < 1.29 is 32.2 Å². The molecule has 0 saturated carbocycles. The monoisotopic (exact) mass is 525 g/mol. The van der Waals surface area contributed by atoms with Crippen LogP contribution in [-0.4, -0.2) is 61.4 Å². The Labute approximate surface area is 212 Å². The summed E-state index contributed by atoms with van der Waals surface area (Å²) in [6.07, 6.45) is 5.35. The number of amides is 1. The molecule has 0 spiro atoms. The molecule has 0 bridgehead atoms. The summed E-state index contributed by atoms with van der Waals surface area (Å²) in [6, 6.07) is 2.99. The lowest BCUT2D eigenvalue weighted by molar-refractivity contribution is -0.136. The van der Waals surface area contributed by atoms with Gasteiger partial charge in [0, 0.05) is 24.7 Å². The van der Waals surface area contributed by atoms with Gasteiger partial charge in [-0.3, -0.25) is 4.79 Å². The van der Waals surface area contributed by atoms with Crippen LogP contribution in [0.1, 0.15) is 25.3 Å². The van der Waals surface area contributed by atoms with Crippen molar-refractivity contribution in [3.05, 3.63) is 70.8 Å². The number of allylic oxidation sites excluding steroid dienone is 3. The van der Waals surface area contributed by atoms with Crippen LogP contribution in [0.25, 0.3) is 0 Å². The topological polar surface area (TPSA) is 86.4 Å². The predicted octanol–water partition coefficient (Wildman–Crippen LogP) is 4.26. The number of methoxy groups -OCH3 is 1. The first-order valence-electron chi connectivity index (χ1n) is 11.5. The lowest BCUT2D eigenvalue weighted by Gasteiger charge is -2.24. The molecule has 1 aliphatic heterocycles. The molecule has 11 heteroatoms. The minimum atomic E-state index is -0.894. The van der Waals surface area contributed by atoms with E-state index in [1.54, 1.807) is 12.2 Å². The minimum Gasteiger partial charge on any atom is -0.493 e. The van der Waals surface area contributed by atoms with Crippen molar-refractivity contribution in [2.45, 2.75) is 25.1 Å². The van der Waals surface area contributed by atoms with Crippen LogP contribution in [0.4, 0.5) is 13.2 Å². The predicted molar refractivity (Wildman–Crippen MR) is 133 cm³/mol. The smallest absolute Gasteiger partial charge is 0.270 e. The van der Waals surface area contributed by atoms with Crippen molar-refractivity contribution in [1.82, 2.24) is 5.01 Å². The molecule has 2 atom stereocenters. The number of halogens is 3. The molecule has 1 unspecified atom stereocenters. The van der Waals surface area contributed by atoms with E-state index in [9.17, 15) is 18.0 Å². The van der Waals surface area contributed by atoms with Gasteiger partial charge in [0.05, 0.1) is 19.8 Å². The fourth-order valence-corrected chi connectivity index (χ4v) is 4.66. The number of rotatable bonds is 12. The van der Waals surface area contributed by atoms with Crippen molar-refractivity contribution in [1.29, 1.82) is 0 Å². The second kappa shape index (κ2) is 13.6. The third kappa shape index (κ3) is 7.45. The summed E-state index contributed by atoms with van der Waals surface area (Å²) < 4.78 is 59.4. The molecular formula is C25H30F3N3O4S. The van der Waals surface area contributed by atoms with Gasteiger partial charge >= 0.3 is 0 Å². The Kier molecular flexibility index (Phi) is 10.6. The summed E-state index contributed by atoms with van der Waals surface area (Å²) in [5, 5.41) is 4.58. The van der Waals surface area contributed by atoms with Gasteiger partial charge in [-0.05, 0) is 49.2 Å². The normalized spacial score (nSPS) is 18.7. The third-order valence-corrected chi connectivity index (χ3v) is 6.54. The van der Waals surface area contributed by atoms with Gasteiger partial charge in [-0.15, -0.1) is 0 Å². The Morgan fingerprint density at radius 1 is 1.31 bits per heavy atom. The number of benzene rings is 1. The number of ether oxygens (including phenoxy) is 3. The molecule has 0 aromatic heterocycles. The van der Waals surface area contributed by atoms with E-state index in [0.717, 1.165) is 41.4 Å². The molecule has 2 aliphatic rings. The maximum atomic E-state index is 14.6. The second-order valence-corrected chi connectivity index (χ2v) is 9.36. The molecular weight excluding hydrogens is 495 g/mol. The highest BCUT2D eigenvalue weighted by Gasteiger charge is 2.37. The number of nitrogens with zero attached hydrogens (tertiary/aromatic N) is 2. The summed E-state index contributed by atoms with van der Waals surface area (Å²) in [5.74, 6) is -1.83. The first-order valence-corrected chi connectivity index (χ1v) is 12.4. The highest BCUT2D eigenvalue weighted by Crippen LogP contribution is 2.39. The zero-order valence-corrected chi connectivity index (χ0v) is 21.0. The Morgan fingerprint density at radius 2 is 2.11 bits per heavy atom. The third-order valence-electron chi connectivity index (χ3n) is 5.34. The molecule has 0 fully saturated rings. The van der Waals surface area contributed by atoms with Crippen molar-refractivity contribution in [3.63, 3.8) is 0 Å².